The fourth-order valence-corrected chi connectivity index (χ4v) is 2.68. The van der Waals surface area contributed by atoms with E-state index in [1.807, 2.05) is 0 Å². The van der Waals surface area contributed by atoms with Gasteiger partial charge in [-0.1, -0.05) is 0 Å². The lowest BCUT2D eigenvalue weighted by molar-refractivity contribution is -0.120. The number of ether oxygens (including phenoxy) is 1. The first-order chi connectivity index (χ1) is 9.04. The zero-order valence-corrected chi connectivity index (χ0v) is 13.7. The Morgan fingerprint density at radius 3 is 2.58 bits per heavy atom. The summed E-state index contributed by atoms with van der Waals surface area (Å²) in [5, 5.41) is 15.3. The van der Waals surface area contributed by atoms with Crippen molar-refractivity contribution in [2.45, 2.75) is 6.54 Å². The molecule has 0 unspecified atom stereocenters. The third-order valence-electron chi connectivity index (χ3n) is 2.32. The molecule has 0 spiro atoms. The van der Waals surface area contributed by atoms with Gasteiger partial charge in [-0.15, -0.1) is 0 Å². The van der Waals surface area contributed by atoms with Gasteiger partial charge in [-0.3, -0.25) is 4.79 Å². The van der Waals surface area contributed by atoms with Crippen molar-refractivity contribution < 1.29 is 14.6 Å². The molecule has 1 amide bonds. The number of amides is 1. The van der Waals surface area contributed by atoms with Crippen LogP contribution < -0.4 is 10.6 Å². The van der Waals surface area contributed by atoms with Gasteiger partial charge in [0.25, 0.3) is 0 Å². The molecule has 0 aliphatic carbocycles. The standard InChI is InChI=1S/C12H16Br2N2O3/c1-19-3-2-16-11(17)7-15-6-8-4-9(13)12(18)10(14)5-8/h4-5,15,18H,2-3,6-7H2,1H3,(H,16,17). The molecule has 0 saturated carbocycles. The van der Waals surface area contributed by atoms with E-state index in [-0.39, 0.29) is 18.2 Å². The molecule has 0 aromatic heterocycles. The highest BCUT2D eigenvalue weighted by molar-refractivity contribution is 9.11. The van der Waals surface area contributed by atoms with Crippen LogP contribution in [-0.2, 0) is 16.1 Å². The summed E-state index contributed by atoms with van der Waals surface area (Å²) in [7, 11) is 1.59. The summed E-state index contributed by atoms with van der Waals surface area (Å²) in [5.74, 6) is 0.0926. The molecule has 0 aliphatic heterocycles. The van der Waals surface area contributed by atoms with E-state index in [1.165, 1.54) is 0 Å². The van der Waals surface area contributed by atoms with Gasteiger partial charge in [-0.05, 0) is 49.6 Å². The van der Waals surface area contributed by atoms with E-state index in [9.17, 15) is 9.90 Å². The van der Waals surface area contributed by atoms with Crippen LogP contribution in [0.2, 0.25) is 0 Å². The molecule has 0 bridgehead atoms. The van der Waals surface area contributed by atoms with Gasteiger partial charge in [0.1, 0.15) is 5.75 Å². The number of hydrogen-bond donors (Lipinski definition) is 3. The molecule has 19 heavy (non-hydrogen) atoms. The monoisotopic (exact) mass is 394 g/mol. The zero-order valence-electron chi connectivity index (χ0n) is 10.5. The van der Waals surface area contributed by atoms with E-state index in [1.54, 1.807) is 19.2 Å². The summed E-state index contributed by atoms with van der Waals surface area (Å²) >= 11 is 6.52. The van der Waals surface area contributed by atoms with Gasteiger partial charge in [0.2, 0.25) is 5.91 Å². The minimum Gasteiger partial charge on any atom is -0.506 e. The first-order valence-electron chi connectivity index (χ1n) is 5.68. The summed E-state index contributed by atoms with van der Waals surface area (Å²) in [6.45, 7) is 1.78. The molecule has 1 aromatic carbocycles. The van der Waals surface area contributed by atoms with Crippen molar-refractivity contribution in [3.8, 4) is 5.75 Å². The third-order valence-corrected chi connectivity index (χ3v) is 3.53. The van der Waals surface area contributed by atoms with Crippen molar-refractivity contribution in [2.24, 2.45) is 0 Å². The molecule has 1 rings (SSSR count). The molecule has 106 valence electrons. The topological polar surface area (TPSA) is 70.6 Å². The van der Waals surface area contributed by atoms with Gasteiger partial charge >= 0.3 is 0 Å². The predicted octanol–water partition coefficient (Wildman–Crippen LogP) is 1.77. The van der Waals surface area contributed by atoms with Crippen LogP contribution in [0.1, 0.15) is 5.56 Å². The number of aromatic hydroxyl groups is 1. The maximum absolute atomic E-state index is 11.4. The van der Waals surface area contributed by atoms with E-state index in [0.717, 1.165) is 5.56 Å². The summed E-state index contributed by atoms with van der Waals surface area (Å²) in [6.07, 6.45) is 0. The number of nitrogens with one attached hydrogen (secondary N) is 2. The SMILES string of the molecule is COCCNC(=O)CNCc1cc(Br)c(O)c(Br)c1. The van der Waals surface area contributed by atoms with Gasteiger partial charge in [0.15, 0.2) is 0 Å². The van der Waals surface area contributed by atoms with Crippen LogP contribution in [0.15, 0.2) is 21.1 Å². The number of hydrogen-bond acceptors (Lipinski definition) is 4. The van der Waals surface area contributed by atoms with E-state index in [4.69, 9.17) is 4.74 Å². The van der Waals surface area contributed by atoms with Crippen molar-refractivity contribution in [3.63, 3.8) is 0 Å². The second-order valence-corrected chi connectivity index (χ2v) is 5.56. The van der Waals surface area contributed by atoms with Crippen molar-refractivity contribution in [3.05, 3.63) is 26.6 Å². The smallest absolute Gasteiger partial charge is 0.234 e. The quantitative estimate of drug-likeness (QED) is 0.615. The molecule has 0 atom stereocenters. The summed E-state index contributed by atoms with van der Waals surface area (Å²) < 4.78 is 6.06. The Bertz CT molecular complexity index is 418. The number of carbonyl (C=O) groups is 1. The highest BCUT2D eigenvalue weighted by atomic mass is 79.9. The van der Waals surface area contributed by atoms with E-state index < -0.39 is 0 Å². The van der Waals surface area contributed by atoms with Gasteiger partial charge in [-0.25, -0.2) is 0 Å². The van der Waals surface area contributed by atoms with E-state index >= 15 is 0 Å². The lowest BCUT2D eigenvalue weighted by atomic mass is 10.2. The Balaban J connectivity index is 2.35. The predicted molar refractivity (Wildman–Crippen MR) is 80.1 cm³/mol. The van der Waals surface area contributed by atoms with Crippen LogP contribution in [0, 0.1) is 0 Å². The summed E-state index contributed by atoms with van der Waals surface area (Å²) in [4.78, 5) is 11.4. The van der Waals surface area contributed by atoms with Crippen LogP contribution in [-0.4, -0.2) is 37.8 Å². The average Bonchev–Trinajstić information content (AvgIpc) is 2.36. The molecule has 0 saturated heterocycles. The third kappa shape index (κ3) is 5.90. The minimum absolute atomic E-state index is 0.0750. The first kappa shape index (κ1) is 16.4. The van der Waals surface area contributed by atoms with Crippen LogP contribution in [0.4, 0.5) is 0 Å². The molecule has 5 nitrogen and oxygen atoms in total. The number of phenolic OH excluding ortho intramolecular Hbond substituents is 1. The van der Waals surface area contributed by atoms with Gasteiger partial charge in [-0.2, -0.15) is 0 Å². The van der Waals surface area contributed by atoms with E-state index in [2.05, 4.69) is 42.5 Å². The number of rotatable bonds is 7. The van der Waals surface area contributed by atoms with Gasteiger partial charge < -0.3 is 20.5 Å². The van der Waals surface area contributed by atoms with E-state index in [0.29, 0.717) is 28.6 Å². The first-order valence-corrected chi connectivity index (χ1v) is 7.26. The molecular formula is C12H16Br2N2O3. The molecule has 0 radical (unpaired) electrons. The maximum Gasteiger partial charge on any atom is 0.234 e. The molecule has 0 heterocycles. The van der Waals surface area contributed by atoms with Crippen molar-refractivity contribution in [1.29, 1.82) is 0 Å². The lowest BCUT2D eigenvalue weighted by Crippen LogP contribution is -2.35. The number of halogens is 2. The molecule has 3 N–H and O–H groups in total. The highest BCUT2D eigenvalue weighted by Crippen LogP contribution is 2.33. The summed E-state index contributed by atoms with van der Waals surface area (Å²) in [5.41, 5.74) is 0.959. The Morgan fingerprint density at radius 1 is 1.37 bits per heavy atom. The van der Waals surface area contributed by atoms with Crippen molar-refractivity contribution >= 4 is 37.8 Å². The highest BCUT2D eigenvalue weighted by Gasteiger charge is 2.06. The largest absolute Gasteiger partial charge is 0.506 e. The van der Waals surface area contributed by atoms with Crippen molar-refractivity contribution in [1.82, 2.24) is 10.6 Å². The van der Waals surface area contributed by atoms with Crippen LogP contribution in [0.5, 0.6) is 5.75 Å². The average molecular weight is 396 g/mol. The fraction of sp³-hybridized carbons (Fsp3) is 0.417. The number of phenols is 1. The summed E-state index contributed by atoms with van der Waals surface area (Å²) in [6, 6.07) is 3.60. The fourth-order valence-electron chi connectivity index (χ4n) is 1.40. The Kier molecular flexibility index (Phi) is 7.37. The maximum atomic E-state index is 11.4. The van der Waals surface area contributed by atoms with Crippen LogP contribution >= 0.6 is 31.9 Å². The zero-order chi connectivity index (χ0) is 14.3. The number of methoxy groups -OCH3 is 1. The van der Waals surface area contributed by atoms with Gasteiger partial charge in [0.05, 0.1) is 22.1 Å². The van der Waals surface area contributed by atoms with Crippen LogP contribution in [0.3, 0.4) is 0 Å². The minimum atomic E-state index is -0.0750. The Labute approximate surface area is 129 Å². The number of benzene rings is 1. The lowest BCUT2D eigenvalue weighted by Gasteiger charge is -2.08. The number of carbonyl (C=O) groups excluding carboxylic acids is 1. The van der Waals surface area contributed by atoms with Crippen LogP contribution in [0.25, 0.3) is 0 Å². The second kappa shape index (κ2) is 8.52. The molecule has 0 aliphatic rings. The van der Waals surface area contributed by atoms with Crippen molar-refractivity contribution in [2.75, 3.05) is 26.8 Å². The normalized spacial score (nSPS) is 10.5. The Morgan fingerprint density at radius 2 is 2.00 bits per heavy atom. The molecule has 1 aromatic rings. The molecule has 7 heteroatoms. The Hall–Kier alpha value is -0.630. The second-order valence-electron chi connectivity index (χ2n) is 3.85. The molecular weight excluding hydrogens is 380 g/mol. The molecule has 0 fully saturated rings. The van der Waals surface area contributed by atoms with Gasteiger partial charge in [0, 0.05) is 20.2 Å².